The summed E-state index contributed by atoms with van der Waals surface area (Å²) in [6, 6.07) is 0.282. The van der Waals surface area contributed by atoms with Crippen LogP contribution in [0.2, 0.25) is 0 Å². The maximum absolute atomic E-state index is 5.18. The Morgan fingerprint density at radius 1 is 1.71 bits per heavy atom. The van der Waals surface area contributed by atoms with Gasteiger partial charge in [-0.05, 0) is 6.92 Å². The molecule has 2 heteroatoms. The number of hydrogen-bond donors (Lipinski definition) is 0. The van der Waals surface area contributed by atoms with E-state index in [1.807, 2.05) is 19.1 Å². The molecule has 0 aromatic heterocycles. The lowest BCUT2D eigenvalue weighted by Crippen LogP contribution is -1.84. The summed E-state index contributed by atoms with van der Waals surface area (Å²) in [6.07, 6.45) is 3.83. The molecule has 0 radical (unpaired) electrons. The third-order valence-electron chi connectivity index (χ3n) is 0.527. The summed E-state index contributed by atoms with van der Waals surface area (Å²) in [5, 5.41) is 0. The molecule has 7 heavy (non-hydrogen) atoms. The molecule has 0 N–H and O–H groups in total. The van der Waals surface area contributed by atoms with Gasteiger partial charge in [0.2, 0.25) is 0 Å². The van der Waals surface area contributed by atoms with Crippen molar-refractivity contribution in [3.05, 3.63) is 12.2 Å². The monoisotopic (exact) mass is 120 g/mol. The summed E-state index contributed by atoms with van der Waals surface area (Å²) in [4.78, 5) is 0. The van der Waals surface area contributed by atoms with Crippen molar-refractivity contribution in [1.82, 2.24) is 0 Å². The highest BCUT2D eigenvalue weighted by Gasteiger charge is 1.71. The Kier molecular flexibility index (Phi) is 5.98. The first-order valence-electron chi connectivity index (χ1n) is 2.16. The lowest BCUT2D eigenvalue weighted by molar-refractivity contribution is 0.212. The highest BCUT2D eigenvalue weighted by Crippen LogP contribution is 1.78. The van der Waals surface area contributed by atoms with Crippen molar-refractivity contribution >= 4 is 11.6 Å². The number of halogens is 1. The maximum atomic E-state index is 5.18. The first-order valence-corrected chi connectivity index (χ1v) is 2.70. The molecule has 0 spiro atoms. The van der Waals surface area contributed by atoms with Crippen LogP contribution in [0.3, 0.4) is 0 Å². The summed E-state index contributed by atoms with van der Waals surface area (Å²) >= 11 is 5.18. The number of hydrogen-bond acceptors (Lipinski definition) is 1. The van der Waals surface area contributed by atoms with E-state index in [9.17, 15) is 0 Å². The van der Waals surface area contributed by atoms with Crippen molar-refractivity contribution in [2.24, 2.45) is 0 Å². The molecule has 0 aliphatic rings. The minimum atomic E-state index is 0.282. The van der Waals surface area contributed by atoms with Gasteiger partial charge in [-0.1, -0.05) is 23.8 Å². The second-order valence-corrected chi connectivity index (χ2v) is 1.27. The van der Waals surface area contributed by atoms with E-state index in [2.05, 4.69) is 0 Å². The van der Waals surface area contributed by atoms with Crippen LogP contribution in [0.25, 0.3) is 0 Å². The number of allylic oxidation sites excluding steroid dienone is 1. The van der Waals surface area contributed by atoms with Crippen LogP contribution in [0, 0.1) is 0 Å². The van der Waals surface area contributed by atoms with Crippen molar-refractivity contribution in [3.8, 4) is 0 Å². The topological polar surface area (TPSA) is 9.23 Å². The summed E-state index contributed by atoms with van der Waals surface area (Å²) in [5.41, 5.74) is 0. The third kappa shape index (κ3) is 5.99. The molecular weight excluding hydrogens is 112 g/mol. The molecule has 0 amide bonds. The summed E-state index contributed by atoms with van der Waals surface area (Å²) < 4.78 is 4.75. The van der Waals surface area contributed by atoms with Gasteiger partial charge in [0.25, 0.3) is 0 Å². The molecule has 0 rings (SSSR count). The van der Waals surface area contributed by atoms with Gasteiger partial charge in [0.15, 0.2) is 0 Å². The minimum absolute atomic E-state index is 0.282. The van der Waals surface area contributed by atoms with Gasteiger partial charge in [-0.25, -0.2) is 0 Å². The highest BCUT2D eigenvalue weighted by molar-refractivity contribution is 6.17. The molecule has 1 nitrogen and oxygen atoms in total. The largest absolute Gasteiger partial charge is 0.362 e. The average molecular weight is 121 g/mol. The van der Waals surface area contributed by atoms with Crippen molar-refractivity contribution in [1.29, 1.82) is 0 Å². The second-order valence-electron chi connectivity index (χ2n) is 1.05. The second kappa shape index (κ2) is 5.99. The van der Waals surface area contributed by atoms with Crippen molar-refractivity contribution < 1.29 is 4.74 Å². The first-order chi connectivity index (χ1) is 3.41. The predicted octanol–water partition coefficient (Wildman–Crippen LogP) is 1.78. The van der Waals surface area contributed by atoms with Gasteiger partial charge < -0.3 is 4.74 Å². The van der Waals surface area contributed by atoms with Gasteiger partial charge >= 0.3 is 0 Å². The average Bonchev–Trinajstić information content (AvgIpc) is 1.69. The standard InChI is InChI=1S/C5H9ClO/c1-2-3-4-7-5-6/h2-3H,4-5H2,1H3. The Balaban J connectivity index is 2.69. The van der Waals surface area contributed by atoms with Crippen LogP contribution in [0.4, 0.5) is 0 Å². The predicted molar refractivity (Wildman–Crippen MR) is 31.5 cm³/mol. The third-order valence-corrected chi connectivity index (χ3v) is 0.681. The minimum Gasteiger partial charge on any atom is -0.362 e. The Bertz CT molecular complexity index is 52.0. The fourth-order valence-electron chi connectivity index (χ4n) is 0.209. The van der Waals surface area contributed by atoms with Crippen LogP contribution in [0.5, 0.6) is 0 Å². The summed E-state index contributed by atoms with van der Waals surface area (Å²) in [5.74, 6) is 0. The number of ether oxygens (including phenoxy) is 1. The normalized spacial score (nSPS) is 10.6. The van der Waals surface area contributed by atoms with Crippen molar-refractivity contribution in [2.75, 3.05) is 12.7 Å². The van der Waals surface area contributed by atoms with Crippen molar-refractivity contribution in [3.63, 3.8) is 0 Å². The van der Waals surface area contributed by atoms with E-state index in [0.29, 0.717) is 6.61 Å². The molecule has 0 saturated heterocycles. The van der Waals surface area contributed by atoms with Crippen LogP contribution in [-0.4, -0.2) is 12.7 Å². The van der Waals surface area contributed by atoms with E-state index >= 15 is 0 Å². The molecule has 0 aromatic carbocycles. The van der Waals surface area contributed by atoms with Gasteiger partial charge in [0.05, 0.1) is 6.61 Å². The lowest BCUT2D eigenvalue weighted by atomic mass is 10.6. The van der Waals surface area contributed by atoms with Crippen LogP contribution >= 0.6 is 11.6 Å². The molecule has 0 aliphatic carbocycles. The molecule has 0 unspecified atom stereocenters. The van der Waals surface area contributed by atoms with Crippen LogP contribution in [-0.2, 0) is 4.74 Å². The fraction of sp³-hybridized carbons (Fsp3) is 0.600. The SMILES string of the molecule is CC=CCOCCl. The van der Waals surface area contributed by atoms with E-state index in [4.69, 9.17) is 16.3 Å². The molecule has 0 fully saturated rings. The fourth-order valence-corrected chi connectivity index (χ4v) is 0.298. The zero-order chi connectivity index (χ0) is 5.54. The lowest BCUT2D eigenvalue weighted by Gasteiger charge is -1.87. The zero-order valence-corrected chi connectivity index (χ0v) is 5.11. The van der Waals surface area contributed by atoms with E-state index < -0.39 is 0 Å². The maximum Gasteiger partial charge on any atom is 0.121 e. The molecule has 0 heterocycles. The molecular formula is C5H9ClO. The smallest absolute Gasteiger partial charge is 0.121 e. The Morgan fingerprint density at radius 3 is 2.86 bits per heavy atom. The Labute approximate surface area is 48.9 Å². The van der Waals surface area contributed by atoms with E-state index in [-0.39, 0.29) is 6.07 Å². The molecule has 0 bridgehead atoms. The Hall–Kier alpha value is -0.0100. The van der Waals surface area contributed by atoms with E-state index in [0.717, 1.165) is 0 Å². The first kappa shape index (κ1) is 6.99. The van der Waals surface area contributed by atoms with Gasteiger partial charge in [0.1, 0.15) is 6.07 Å². The van der Waals surface area contributed by atoms with Gasteiger partial charge in [-0.3, -0.25) is 0 Å². The number of alkyl halides is 1. The van der Waals surface area contributed by atoms with E-state index in [1.165, 1.54) is 0 Å². The molecule has 0 saturated carbocycles. The van der Waals surface area contributed by atoms with Crippen LogP contribution in [0.1, 0.15) is 6.92 Å². The van der Waals surface area contributed by atoms with Crippen LogP contribution < -0.4 is 0 Å². The highest BCUT2D eigenvalue weighted by atomic mass is 35.5. The summed E-state index contributed by atoms with van der Waals surface area (Å²) in [7, 11) is 0. The van der Waals surface area contributed by atoms with Gasteiger partial charge in [-0.2, -0.15) is 0 Å². The van der Waals surface area contributed by atoms with Crippen LogP contribution in [0.15, 0.2) is 12.2 Å². The van der Waals surface area contributed by atoms with Crippen molar-refractivity contribution in [2.45, 2.75) is 6.92 Å². The number of rotatable bonds is 3. The Morgan fingerprint density at radius 2 is 2.43 bits per heavy atom. The quantitative estimate of drug-likeness (QED) is 0.313. The molecule has 0 atom stereocenters. The molecule has 0 aromatic rings. The zero-order valence-electron chi connectivity index (χ0n) is 4.36. The molecule has 42 valence electrons. The van der Waals surface area contributed by atoms with Gasteiger partial charge in [0, 0.05) is 0 Å². The van der Waals surface area contributed by atoms with E-state index in [1.54, 1.807) is 0 Å². The molecule has 0 aliphatic heterocycles. The summed E-state index contributed by atoms with van der Waals surface area (Å²) in [6.45, 7) is 2.57. The van der Waals surface area contributed by atoms with Gasteiger partial charge in [-0.15, -0.1) is 0 Å².